The molecule has 0 aliphatic carbocycles. The average Bonchev–Trinajstić information content (AvgIpc) is 2.25. The summed E-state index contributed by atoms with van der Waals surface area (Å²) in [5.74, 6) is 0. The maximum atomic E-state index is 10.2. The first-order chi connectivity index (χ1) is 7.56. The van der Waals surface area contributed by atoms with Gasteiger partial charge in [-0.05, 0) is 24.6 Å². The second kappa shape index (κ2) is 6.21. The lowest BCUT2D eigenvalue weighted by Crippen LogP contribution is -2.36. The number of benzene rings is 1. The van der Waals surface area contributed by atoms with Crippen LogP contribution in [-0.2, 0) is 10.3 Å². The Bertz CT molecular complexity index is 311. The van der Waals surface area contributed by atoms with Gasteiger partial charge in [-0.25, -0.2) is 0 Å². The van der Waals surface area contributed by atoms with Crippen molar-refractivity contribution >= 4 is 11.6 Å². The summed E-state index contributed by atoms with van der Waals surface area (Å²) < 4.78 is 4.92. The Balaban J connectivity index is 2.52. The molecule has 1 unspecified atom stereocenters. The summed E-state index contributed by atoms with van der Waals surface area (Å²) in [5, 5.41) is 14.0. The van der Waals surface area contributed by atoms with Crippen LogP contribution >= 0.6 is 11.6 Å². The maximum absolute atomic E-state index is 10.2. The summed E-state index contributed by atoms with van der Waals surface area (Å²) in [4.78, 5) is 0. The molecule has 0 aliphatic rings. The van der Waals surface area contributed by atoms with E-state index in [0.29, 0.717) is 18.2 Å². The number of rotatable bonds is 6. The number of ether oxygens (including phenoxy) is 1. The highest BCUT2D eigenvalue weighted by atomic mass is 35.5. The van der Waals surface area contributed by atoms with Crippen molar-refractivity contribution < 1.29 is 9.84 Å². The second-order valence-electron chi connectivity index (χ2n) is 3.95. The second-order valence-corrected chi connectivity index (χ2v) is 4.39. The summed E-state index contributed by atoms with van der Waals surface area (Å²) >= 11 is 5.79. The Labute approximate surface area is 101 Å². The molecule has 0 bridgehead atoms. The predicted octanol–water partition coefficient (Wildman–Crippen LogP) is 1.78. The Morgan fingerprint density at radius 1 is 1.38 bits per heavy atom. The Morgan fingerprint density at radius 3 is 2.56 bits per heavy atom. The van der Waals surface area contributed by atoms with Crippen molar-refractivity contribution in [1.82, 2.24) is 5.32 Å². The topological polar surface area (TPSA) is 41.5 Å². The highest BCUT2D eigenvalue weighted by Gasteiger charge is 2.21. The zero-order valence-corrected chi connectivity index (χ0v) is 10.4. The van der Waals surface area contributed by atoms with Gasteiger partial charge in [-0.15, -0.1) is 0 Å². The molecule has 0 aromatic heterocycles. The molecular formula is C12H18ClNO2. The molecule has 1 atom stereocenters. The van der Waals surface area contributed by atoms with Crippen molar-refractivity contribution in [1.29, 1.82) is 0 Å². The van der Waals surface area contributed by atoms with Crippen LogP contribution in [0.15, 0.2) is 24.3 Å². The summed E-state index contributed by atoms with van der Waals surface area (Å²) in [6, 6.07) is 7.22. The molecule has 0 spiro atoms. The molecule has 0 amide bonds. The summed E-state index contributed by atoms with van der Waals surface area (Å²) in [6.07, 6.45) is 0. The van der Waals surface area contributed by atoms with Crippen molar-refractivity contribution in [2.75, 3.05) is 26.8 Å². The average molecular weight is 244 g/mol. The summed E-state index contributed by atoms with van der Waals surface area (Å²) in [7, 11) is 1.65. The minimum Gasteiger partial charge on any atom is -0.384 e. The highest BCUT2D eigenvalue weighted by molar-refractivity contribution is 6.30. The minimum absolute atomic E-state index is 0.484. The predicted molar refractivity (Wildman–Crippen MR) is 65.8 cm³/mol. The molecule has 0 saturated carbocycles. The molecule has 1 aromatic rings. The number of hydrogen-bond donors (Lipinski definition) is 2. The van der Waals surface area contributed by atoms with Crippen LogP contribution in [0.3, 0.4) is 0 Å². The van der Waals surface area contributed by atoms with Gasteiger partial charge in [0.05, 0.1) is 12.2 Å². The molecule has 4 heteroatoms. The fraction of sp³-hybridized carbons (Fsp3) is 0.500. The van der Waals surface area contributed by atoms with E-state index in [2.05, 4.69) is 5.32 Å². The molecule has 2 N–H and O–H groups in total. The van der Waals surface area contributed by atoms with Crippen molar-refractivity contribution in [2.45, 2.75) is 12.5 Å². The number of hydrogen-bond acceptors (Lipinski definition) is 3. The van der Waals surface area contributed by atoms with Gasteiger partial charge in [0, 0.05) is 25.2 Å². The van der Waals surface area contributed by atoms with Gasteiger partial charge in [-0.3, -0.25) is 0 Å². The Morgan fingerprint density at radius 2 is 2.00 bits per heavy atom. The molecule has 0 aliphatic heterocycles. The molecule has 0 fully saturated rings. The number of nitrogens with one attached hydrogen (secondary N) is 1. The van der Waals surface area contributed by atoms with E-state index in [9.17, 15) is 5.11 Å². The van der Waals surface area contributed by atoms with E-state index < -0.39 is 5.60 Å². The molecule has 1 aromatic carbocycles. The van der Waals surface area contributed by atoms with Crippen LogP contribution < -0.4 is 5.32 Å². The zero-order chi connectivity index (χ0) is 12.0. The first kappa shape index (κ1) is 13.5. The fourth-order valence-corrected chi connectivity index (χ4v) is 1.54. The minimum atomic E-state index is -0.891. The number of methoxy groups -OCH3 is 1. The first-order valence-electron chi connectivity index (χ1n) is 5.24. The van der Waals surface area contributed by atoms with Crippen LogP contribution in [0.5, 0.6) is 0 Å². The summed E-state index contributed by atoms with van der Waals surface area (Å²) in [6.45, 7) is 3.62. The van der Waals surface area contributed by atoms with E-state index >= 15 is 0 Å². The van der Waals surface area contributed by atoms with Crippen molar-refractivity contribution in [3.63, 3.8) is 0 Å². The largest absolute Gasteiger partial charge is 0.384 e. The molecule has 16 heavy (non-hydrogen) atoms. The zero-order valence-electron chi connectivity index (χ0n) is 9.66. The Hall–Kier alpha value is -0.610. The molecule has 90 valence electrons. The smallest absolute Gasteiger partial charge is 0.0992 e. The lowest BCUT2D eigenvalue weighted by atomic mass is 9.96. The first-order valence-corrected chi connectivity index (χ1v) is 5.62. The third-order valence-corrected chi connectivity index (χ3v) is 2.67. The SMILES string of the molecule is COCCNCC(C)(O)c1ccc(Cl)cc1. The summed E-state index contributed by atoms with van der Waals surface area (Å²) in [5.41, 5.74) is -0.0416. The molecular weight excluding hydrogens is 226 g/mol. The van der Waals surface area contributed by atoms with Crippen LogP contribution in [0, 0.1) is 0 Å². The van der Waals surface area contributed by atoms with Crippen LogP contribution in [0.4, 0.5) is 0 Å². The van der Waals surface area contributed by atoms with Gasteiger partial charge < -0.3 is 15.2 Å². The van der Waals surface area contributed by atoms with Gasteiger partial charge in [-0.1, -0.05) is 23.7 Å². The number of aliphatic hydroxyl groups is 1. The van der Waals surface area contributed by atoms with Crippen molar-refractivity contribution in [3.05, 3.63) is 34.9 Å². The van der Waals surface area contributed by atoms with Gasteiger partial charge in [0.15, 0.2) is 0 Å². The van der Waals surface area contributed by atoms with Gasteiger partial charge in [0.25, 0.3) is 0 Å². The van der Waals surface area contributed by atoms with Crippen LogP contribution in [0.2, 0.25) is 5.02 Å². The van der Waals surface area contributed by atoms with E-state index in [0.717, 1.165) is 12.1 Å². The normalized spacial score (nSPS) is 14.8. The molecule has 3 nitrogen and oxygen atoms in total. The molecule has 0 radical (unpaired) electrons. The van der Waals surface area contributed by atoms with Crippen LogP contribution in [-0.4, -0.2) is 31.9 Å². The fourth-order valence-electron chi connectivity index (χ4n) is 1.42. The van der Waals surface area contributed by atoms with Crippen LogP contribution in [0.25, 0.3) is 0 Å². The van der Waals surface area contributed by atoms with E-state index in [1.807, 2.05) is 12.1 Å². The highest BCUT2D eigenvalue weighted by Crippen LogP contribution is 2.21. The van der Waals surface area contributed by atoms with Gasteiger partial charge in [0.2, 0.25) is 0 Å². The quantitative estimate of drug-likeness (QED) is 0.749. The van der Waals surface area contributed by atoms with Crippen LogP contribution in [0.1, 0.15) is 12.5 Å². The van der Waals surface area contributed by atoms with Gasteiger partial charge >= 0.3 is 0 Å². The lowest BCUT2D eigenvalue weighted by molar-refractivity contribution is 0.0550. The number of halogens is 1. The van der Waals surface area contributed by atoms with Crippen molar-refractivity contribution in [2.24, 2.45) is 0 Å². The van der Waals surface area contributed by atoms with E-state index in [1.54, 1.807) is 26.2 Å². The Kier molecular flexibility index (Phi) is 5.22. The third-order valence-electron chi connectivity index (χ3n) is 2.42. The van der Waals surface area contributed by atoms with E-state index in [4.69, 9.17) is 16.3 Å². The third kappa shape index (κ3) is 4.10. The van der Waals surface area contributed by atoms with E-state index in [1.165, 1.54) is 0 Å². The monoisotopic (exact) mass is 243 g/mol. The van der Waals surface area contributed by atoms with Gasteiger partial charge in [-0.2, -0.15) is 0 Å². The lowest BCUT2D eigenvalue weighted by Gasteiger charge is -2.24. The molecule has 0 heterocycles. The standard InChI is InChI=1S/C12H18ClNO2/c1-12(15,9-14-7-8-16-2)10-3-5-11(13)6-4-10/h3-6,14-15H,7-9H2,1-2H3. The maximum Gasteiger partial charge on any atom is 0.0992 e. The molecule has 1 rings (SSSR count). The molecule has 0 saturated heterocycles. The van der Waals surface area contributed by atoms with Crippen molar-refractivity contribution in [3.8, 4) is 0 Å². The van der Waals surface area contributed by atoms with Gasteiger partial charge in [0.1, 0.15) is 0 Å². The van der Waals surface area contributed by atoms with E-state index in [-0.39, 0.29) is 0 Å².